The summed E-state index contributed by atoms with van der Waals surface area (Å²) in [6, 6.07) is 15.8. The smallest absolute Gasteiger partial charge is 0.408 e. The molecular weight excluding hydrogens is 332 g/mol. The molecule has 0 radical (unpaired) electrons. The van der Waals surface area contributed by atoms with Crippen molar-refractivity contribution in [3.05, 3.63) is 71.4 Å². The molecular formula is C20H20N2O4. The van der Waals surface area contributed by atoms with Gasteiger partial charge in [-0.2, -0.15) is 0 Å². The van der Waals surface area contributed by atoms with Crippen molar-refractivity contribution in [2.75, 3.05) is 0 Å². The number of carbonyl (C=O) groups excluding carboxylic acids is 1. The summed E-state index contributed by atoms with van der Waals surface area (Å²) in [5.41, 5.74) is 3.53. The van der Waals surface area contributed by atoms with Gasteiger partial charge in [-0.25, -0.2) is 9.59 Å². The van der Waals surface area contributed by atoms with Crippen molar-refractivity contribution in [2.24, 2.45) is 0 Å². The fourth-order valence-corrected chi connectivity index (χ4v) is 2.91. The first-order valence-electron chi connectivity index (χ1n) is 8.31. The number of aromatic nitrogens is 1. The van der Waals surface area contributed by atoms with Gasteiger partial charge in [0.15, 0.2) is 0 Å². The van der Waals surface area contributed by atoms with Gasteiger partial charge in [-0.15, -0.1) is 0 Å². The van der Waals surface area contributed by atoms with Crippen LogP contribution in [0.5, 0.6) is 0 Å². The zero-order chi connectivity index (χ0) is 18.5. The van der Waals surface area contributed by atoms with Crippen molar-refractivity contribution in [1.82, 2.24) is 10.3 Å². The predicted molar refractivity (Wildman–Crippen MR) is 97.9 cm³/mol. The number of carbonyl (C=O) groups is 2. The number of ether oxygens (including phenoxy) is 1. The first-order chi connectivity index (χ1) is 12.5. The third kappa shape index (κ3) is 4.03. The standard InChI is InChI=1S/C20H20N2O4/c1-13-16(15-9-5-6-10-17(15)21-13)11-18(19(23)24)22-20(25)26-12-14-7-3-2-4-8-14/h2-10,18,21H,11-12H2,1H3,(H,22,25)(H,23,24). The summed E-state index contributed by atoms with van der Waals surface area (Å²) in [7, 11) is 0. The van der Waals surface area contributed by atoms with Crippen LogP contribution in [0.15, 0.2) is 54.6 Å². The number of aromatic amines is 1. The molecule has 3 aromatic rings. The number of para-hydroxylation sites is 1. The van der Waals surface area contributed by atoms with E-state index < -0.39 is 18.1 Å². The van der Waals surface area contributed by atoms with E-state index in [1.165, 1.54) is 0 Å². The van der Waals surface area contributed by atoms with Gasteiger partial charge in [0.2, 0.25) is 0 Å². The van der Waals surface area contributed by atoms with Crippen molar-refractivity contribution in [2.45, 2.75) is 26.0 Å². The second-order valence-electron chi connectivity index (χ2n) is 6.08. The molecule has 6 heteroatoms. The number of carboxylic acids is 1. The molecule has 6 nitrogen and oxygen atoms in total. The molecule has 1 heterocycles. The minimum Gasteiger partial charge on any atom is -0.480 e. The molecule has 1 aromatic heterocycles. The minimum absolute atomic E-state index is 0.0884. The minimum atomic E-state index is -1.11. The molecule has 0 spiro atoms. The SMILES string of the molecule is Cc1[nH]c2ccccc2c1CC(NC(=O)OCc1ccccc1)C(=O)O. The first kappa shape index (κ1) is 17.5. The molecule has 0 aliphatic heterocycles. The number of hydrogen-bond donors (Lipinski definition) is 3. The molecule has 0 saturated heterocycles. The van der Waals surface area contributed by atoms with Crippen LogP contribution in [0.25, 0.3) is 10.9 Å². The first-order valence-corrected chi connectivity index (χ1v) is 8.31. The number of H-pyrrole nitrogens is 1. The van der Waals surface area contributed by atoms with E-state index in [1.54, 1.807) is 0 Å². The lowest BCUT2D eigenvalue weighted by Crippen LogP contribution is -2.42. The lowest BCUT2D eigenvalue weighted by molar-refractivity contribution is -0.139. The number of amides is 1. The normalized spacial score (nSPS) is 11.9. The molecule has 0 saturated carbocycles. The Morgan fingerprint density at radius 3 is 2.54 bits per heavy atom. The van der Waals surface area contributed by atoms with E-state index in [2.05, 4.69) is 10.3 Å². The van der Waals surface area contributed by atoms with Crippen LogP contribution in [-0.2, 0) is 22.6 Å². The fraction of sp³-hybridized carbons (Fsp3) is 0.200. The molecule has 0 aliphatic carbocycles. The molecule has 1 unspecified atom stereocenters. The quantitative estimate of drug-likeness (QED) is 0.634. The highest BCUT2D eigenvalue weighted by Gasteiger charge is 2.23. The van der Waals surface area contributed by atoms with Crippen LogP contribution in [0, 0.1) is 6.92 Å². The number of alkyl carbamates (subject to hydrolysis) is 1. The van der Waals surface area contributed by atoms with Crippen LogP contribution in [-0.4, -0.2) is 28.2 Å². The molecule has 3 rings (SSSR count). The highest BCUT2D eigenvalue weighted by Crippen LogP contribution is 2.23. The summed E-state index contributed by atoms with van der Waals surface area (Å²) < 4.78 is 5.12. The molecule has 2 aromatic carbocycles. The van der Waals surface area contributed by atoms with Crippen molar-refractivity contribution in [3.8, 4) is 0 Å². The number of aliphatic carboxylic acids is 1. The molecule has 1 atom stereocenters. The molecule has 3 N–H and O–H groups in total. The summed E-state index contributed by atoms with van der Waals surface area (Å²) in [6.45, 7) is 1.98. The van der Waals surface area contributed by atoms with Gasteiger partial charge in [0.1, 0.15) is 12.6 Å². The van der Waals surface area contributed by atoms with E-state index in [9.17, 15) is 14.7 Å². The van der Waals surface area contributed by atoms with E-state index in [4.69, 9.17) is 4.74 Å². The van der Waals surface area contributed by atoms with Gasteiger partial charge >= 0.3 is 12.1 Å². The molecule has 0 bridgehead atoms. The van der Waals surface area contributed by atoms with Gasteiger partial charge in [-0.3, -0.25) is 0 Å². The average molecular weight is 352 g/mol. The second-order valence-corrected chi connectivity index (χ2v) is 6.08. The lowest BCUT2D eigenvalue weighted by Gasteiger charge is -2.15. The third-order valence-electron chi connectivity index (χ3n) is 4.24. The van der Waals surface area contributed by atoms with Crippen LogP contribution in [0.1, 0.15) is 16.8 Å². The maximum absolute atomic E-state index is 12.0. The van der Waals surface area contributed by atoms with E-state index in [0.29, 0.717) is 0 Å². The zero-order valence-electron chi connectivity index (χ0n) is 14.4. The van der Waals surface area contributed by atoms with E-state index >= 15 is 0 Å². The van der Waals surface area contributed by atoms with Crippen LogP contribution in [0.4, 0.5) is 4.79 Å². The van der Waals surface area contributed by atoms with Crippen molar-refractivity contribution >= 4 is 23.0 Å². The lowest BCUT2D eigenvalue weighted by atomic mass is 10.0. The Kier molecular flexibility index (Phi) is 5.22. The second kappa shape index (κ2) is 7.74. The summed E-state index contributed by atoms with van der Waals surface area (Å²) >= 11 is 0. The summed E-state index contributed by atoms with van der Waals surface area (Å²) in [5, 5.41) is 12.9. The predicted octanol–water partition coefficient (Wildman–Crippen LogP) is 3.40. The van der Waals surface area contributed by atoms with Crippen LogP contribution in [0.3, 0.4) is 0 Å². The fourth-order valence-electron chi connectivity index (χ4n) is 2.91. The average Bonchev–Trinajstić information content (AvgIpc) is 2.95. The zero-order valence-corrected chi connectivity index (χ0v) is 14.4. The van der Waals surface area contributed by atoms with E-state index in [1.807, 2.05) is 61.5 Å². The number of fused-ring (bicyclic) bond motifs is 1. The van der Waals surface area contributed by atoms with Gasteiger partial charge in [0.25, 0.3) is 0 Å². The topological polar surface area (TPSA) is 91.4 Å². The Morgan fingerprint density at radius 2 is 1.81 bits per heavy atom. The van der Waals surface area contributed by atoms with Crippen LogP contribution >= 0.6 is 0 Å². The summed E-state index contributed by atoms with van der Waals surface area (Å²) in [5.74, 6) is -1.11. The van der Waals surface area contributed by atoms with Gasteiger partial charge in [-0.05, 0) is 24.1 Å². The Bertz CT molecular complexity index is 918. The Hall–Kier alpha value is -3.28. The number of benzene rings is 2. The number of hydrogen-bond acceptors (Lipinski definition) is 3. The van der Waals surface area contributed by atoms with Crippen LogP contribution in [0.2, 0.25) is 0 Å². The number of rotatable bonds is 6. The summed E-state index contributed by atoms with van der Waals surface area (Å²) in [4.78, 5) is 26.8. The molecule has 26 heavy (non-hydrogen) atoms. The number of aryl methyl sites for hydroxylation is 1. The highest BCUT2D eigenvalue weighted by atomic mass is 16.5. The summed E-state index contributed by atoms with van der Waals surface area (Å²) in [6.07, 6.45) is -0.579. The van der Waals surface area contributed by atoms with Gasteiger partial charge in [0, 0.05) is 23.0 Å². The molecule has 0 aliphatic rings. The van der Waals surface area contributed by atoms with Crippen molar-refractivity contribution in [3.63, 3.8) is 0 Å². The van der Waals surface area contributed by atoms with Crippen molar-refractivity contribution in [1.29, 1.82) is 0 Å². The molecule has 0 fully saturated rings. The highest BCUT2D eigenvalue weighted by molar-refractivity contribution is 5.86. The van der Waals surface area contributed by atoms with E-state index in [-0.39, 0.29) is 13.0 Å². The van der Waals surface area contributed by atoms with Gasteiger partial charge in [-0.1, -0.05) is 48.5 Å². The molecule has 134 valence electrons. The monoisotopic (exact) mass is 352 g/mol. The van der Waals surface area contributed by atoms with Gasteiger partial charge < -0.3 is 20.1 Å². The van der Waals surface area contributed by atoms with E-state index in [0.717, 1.165) is 27.7 Å². The van der Waals surface area contributed by atoms with Crippen molar-refractivity contribution < 1.29 is 19.4 Å². The molecule has 1 amide bonds. The van der Waals surface area contributed by atoms with Crippen LogP contribution < -0.4 is 5.32 Å². The number of nitrogens with one attached hydrogen (secondary N) is 2. The number of carboxylic acid groups (broad SMARTS) is 1. The largest absolute Gasteiger partial charge is 0.480 e. The maximum atomic E-state index is 12.0. The third-order valence-corrected chi connectivity index (χ3v) is 4.24. The maximum Gasteiger partial charge on any atom is 0.408 e. The Morgan fingerprint density at radius 1 is 1.12 bits per heavy atom. The van der Waals surface area contributed by atoms with Gasteiger partial charge in [0.05, 0.1) is 0 Å². The Labute approximate surface area is 150 Å². The Balaban J connectivity index is 1.68.